The number of hydrogen-bond donors (Lipinski definition) is 1. The molecule has 0 atom stereocenters. The maximum absolute atomic E-state index is 5.75. The molecule has 6 heteroatoms. The summed E-state index contributed by atoms with van der Waals surface area (Å²) in [6, 6.07) is 12.6. The molecule has 0 saturated carbocycles. The second kappa shape index (κ2) is 8.77. The first-order valence-electron chi connectivity index (χ1n) is 9.69. The van der Waals surface area contributed by atoms with E-state index in [4.69, 9.17) is 4.42 Å². The fraction of sp³-hybridized carbons (Fsp3) is 0.381. The zero-order valence-corrected chi connectivity index (χ0v) is 15.5. The fourth-order valence-corrected chi connectivity index (χ4v) is 3.44. The van der Waals surface area contributed by atoms with Crippen LogP contribution in [0.1, 0.15) is 25.7 Å². The third kappa shape index (κ3) is 4.71. The third-order valence-electron chi connectivity index (χ3n) is 4.95. The van der Waals surface area contributed by atoms with E-state index in [-0.39, 0.29) is 0 Å². The smallest absolute Gasteiger partial charge is 0.315 e. The van der Waals surface area contributed by atoms with Crippen LogP contribution in [0.5, 0.6) is 0 Å². The highest BCUT2D eigenvalue weighted by atomic mass is 16.4. The Bertz CT molecular complexity index is 825. The number of piperidine rings is 1. The Balaban J connectivity index is 1.29. The van der Waals surface area contributed by atoms with Crippen molar-refractivity contribution in [1.82, 2.24) is 20.1 Å². The predicted octanol–water partition coefficient (Wildman–Crippen LogP) is 4.09. The molecule has 1 fully saturated rings. The zero-order chi connectivity index (χ0) is 18.3. The molecule has 1 aliphatic heterocycles. The van der Waals surface area contributed by atoms with Crippen molar-refractivity contribution in [3.8, 4) is 22.6 Å². The van der Waals surface area contributed by atoms with Gasteiger partial charge in [-0.05, 0) is 74.3 Å². The highest BCUT2D eigenvalue weighted by Gasteiger charge is 2.11. The van der Waals surface area contributed by atoms with Gasteiger partial charge in [0.15, 0.2) is 0 Å². The van der Waals surface area contributed by atoms with E-state index in [0.717, 1.165) is 36.2 Å². The molecule has 2 aromatic heterocycles. The molecular weight excluding hydrogens is 338 g/mol. The van der Waals surface area contributed by atoms with Crippen molar-refractivity contribution >= 4 is 6.01 Å². The second-order valence-electron chi connectivity index (χ2n) is 6.91. The van der Waals surface area contributed by atoms with E-state index in [1.54, 1.807) is 12.4 Å². The first-order chi connectivity index (χ1) is 13.4. The summed E-state index contributed by atoms with van der Waals surface area (Å²) in [6.07, 6.45) is 8.72. The Morgan fingerprint density at radius 3 is 2.33 bits per heavy atom. The Morgan fingerprint density at radius 1 is 0.852 bits per heavy atom. The molecule has 140 valence electrons. The van der Waals surface area contributed by atoms with Crippen LogP contribution in [0.15, 0.2) is 53.2 Å². The van der Waals surface area contributed by atoms with Gasteiger partial charge in [-0.1, -0.05) is 23.7 Å². The minimum Gasteiger partial charge on any atom is -0.403 e. The number of nitrogens with zero attached hydrogens (tertiary/aromatic N) is 4. The molecule has 0 spiro atoms. The summed E-state index contributed by atoms with van der Waals surface area (Å²) in [5, 5.41) is 11.5. The van der Waals surface area contributed by atoms with Crippen LogP contribution in [0, 0.1) is 0 Å². The minimum absolute atomic E-state index is 0.488. The highest BCUT2D eigenvalue weighted by molar-refractivity contribution is 5.66. The average molecular weight is 363 g/mol. The Hall–Kier alpha value is -2.73. The van der Waals surface area contributed by atoms with E-state index < -0.39 is 0 Å². The Kier molecular flexibility index (Phi) is 5.74. The monoisotopic (exact) mass is 363 g/mol. The van der Waals surface area contributed by atoms with Gasteiger partial charge in [0.1, 0.15) is 0 Å². The first kappa shape index (κ1) is 17.7. The van der Waals surface area contributed by atoms with Crippen molar-refractivity contribution < 1.29 is 4.42 Å². The summed E-state index contributed by atoms with van der Waals surface area (Å²) in [7, 11) is 0. The topological polar surface area (TPSA) is 67.1 Å². The number of pyridine rings is 1. The maximum Gasteiger partial charge on any atom is 0.315 e. The minimum atomic E-state index is 0.488. The molecule has 6 nitrogen and oxygen atoms in total. The molecule has 0 unspecified atom stereocenters. The standard InChI is InChI=1S/C21H25N5O/c1-2-14-26(15-3-1)16-4-11-23-21-25-24-20(27-21)19-7-5-17(6-8-19)18-9-12-22-13-10-18/h5-10,12-13H,1-4,11,14-16H2,(H,23,25). The van der Waals surface area contributed by atoms with Crippen LogP contribution in [-0.2, 0) is 0 Å². The van der Waals surface area contributed by atoms with Crippen LogP contribution < -0.4 is 5.32 Å². The highest BCUT2D eigenvalue weighted by Crippen LogP contribution is 2.24. The first-order valence-corrected chi connectivity index (χ1v) is 9.69. The lowest BCUT2D eigenvalue weighted by Crippen LogP contribution is -2.31. The number of anilines is 1. The molecule has 1 N–H and O–H groups in total. The molecule has 27 heavy (non-hydrogen) atoms. The summed E-state index contributed by atoms with van der Waals surface area (Å²) < 4.78 is 5.75. The van der Waals surface area contributed by atoms with Crippen molar-refractivity contribution in [2.45, 2.75) is 25.7 Å². The van der Waals surface area contributed by atoms with Crippen LogP contribution in [-0.4, -0.2) is 46.3 Å². The number of nitrogens with one attached hydrogen (secondary N) is 1. The zero-order valence-electron chi connectivity index (χ0n) is 15.5. The van der Waals surface area contributed by atoms with Crippen molar-refractivity contribution in [2.75, 3.05) is 31.5 Å². The molecule has 3 heterocycles. The fourth-order valence-electron chi connectivity index (χ4n) is 3.44. The quantitative estimate of drug-likeness (QED) is 0.638. The van der Waals surface area contributed by atoms with Crippen LogP contribution >= 0.6 is 0 Å². The van der Waals surface area contributed by atoms with E-state index in [1.165, 1.54) is 32.4 Å². The van der Waals surface area contributed by atoms with E-state index in [1.807, 2.05) is 24.3 Å². The largest absolute Gasteiger partial charge is 0.403 e. The van der Waals surface area contributed by atoms with E-state index >= 15 is 0 Å². The van der Waals surface area contributed by atoms with Gasteiger partial charge in [0.2, 0.25) is 5.89 Å². The van der Waals surface area contributed by atoms with Crippen LogP contribution in [0.3, 0.4) is 0 Å². The lowest BCUT2D eigenvalue weighted by atomic mass is 10.1. The molecule has 1 aromatic carbocycles. The Labute approximate surface area is 159 Å². The maximum atomic E-state index is 5.75. The summed E-state index contributed by atoms with van der Waals surface area (Å²) in [5.41, 5.74) is 3.19. The molecule has 0 bridgehead atoms. The number of benzene rings is 1. The van der Waals surface area contributed by atoms with E-state index in [2.05, 4.69) is 37.5 Å². The molecule has 0 aliphatic carbocycles. The van der Waals surface area contributed by atoms with Crippen LogP contribution in [0.4, 0.5) is 6.01 Å². The molecule has 1 saturated heterocycles. The second-order valence-corrected chi connectivity index (χ2v) is 6.91. The summed E-state index contributed by atoms with van der Waals surface area (Å²) >= 11 is 0. The van der Waals surface area contributed by atoms with Gasteiger partial charge in [0.25, 0.3) is 0 Å². The SMILES string of the molecule is c1cc(-c2ccc(-c3nnc(NCCCN4CCCCC4)o3)cc2)ccn1. The average Bonchev–Trinajstić information content (AvgIpc) is 3.22. The lowest BCUT2D eigenvalue weighted by Gasteiger charge is -2.26. The number of rotatable bonds is 7. The van der Waals surface area contributed by atoms with Crippen LogP contribution in [0.25, 0.3) is 22.6 Å². The molecule has 4 rings (SSSR count). The normalized spacial score (nSPS) is 15.0. The van der Waals surface area contributed by atoms with Crippen molar-refractivity contribution in [2.24, 2.45) is 0 Å². The summed E-state index contributed by atoms with van der Waals surface area (Å²) in [4.78, 5) is 6.59. The van der Waals surface area contributed by atoms with Gasteiger partial charge in [-0.2, -0.15) is 0 Å². The van der Waals surface area contributed by atoms with E-state index in [9.17, 15) is 0 Å². The Morgan fingerprint density at radius 2 is 1.56 bits per heavy atom. The lowest BCUT2D eigenvalue weighted by molar-refractivity contribution is 0.228. The molecular formula is C21H25N5O. The van der Waals surface area contributed by atoms with Gasteiger partial charge in [0.05, 0.1) is 0 Å². The van der Waals surface area contributed by atoms with Crippen molar-refractivity contribution in [3.05, 3.63) is 48.8 Å². The summed E-state index contributed by atoms with van der Waals surface area (Å²) in [5.74, 6) is 0.537. The van der Waals surface area contributed by atoms with E-state index in [0.29, 0.717) is 11.9 Å². The third-order valence-corrected chi connectivity index (χ3v) is 4.95. The summed E-state index contributed by atoms with van der Waals surface area (Å²) in [6.45, 7) is 4.45. The van der Waals surface area contributed by atoms with Gasteiger partial charge < -0.3 is 14.6 Å². The molecule has 0 amide bonds. The van der Waals surface area contributed by atoms with Crippen LogP contribution in [0.2, 0.25) is 0 Å². The number of hydrogen-bond acceptors (Lipinski definition) is 6. The number of likely N-dealkylation sites (tertiary alicyclic amines) is 1. The molecule has 1 aliphatic rings. The van der Waals surface area contributed by atoms with Gasteiger partial charge in [-0.3, -0.25) is 4.98 Å². The predicted molar refractivity (Wildman–Crippen MR) is 106 cm³/mol. The molecule has 3 aromatic rings. The molecule has 0 radical (unpaired) electrons. The van der Waals surface area contributed by atoms with Crippen molar-refractivity contribution in [1.29, 1.82) is 0 Å². The van der Waals surface area contributed by atoms with Gasteiger partial charge in [-0.15, -0.1) is 5.10 Å². The van der Waals surface area contributed by atoms with Crippen molar-refractivity contribution in [3.63, 3.8) is 0 Å². The van der Waals surface area contributed by atoms with Gasteiger partial charge in [0, 0.05) is 24.5 Å². The number of aromatic nitrogens is 3. The van der Waals surface area contributed by atoms with Gasteiger partial charge >= 0.3 is 6.01 Å². The van der Waals surface area contributed by atoms with Gasteiger partial charge in [-0.25, -0.2) is 0 Å².